The second-order valence-corrected chi connectivity index (χ2v) is 4.58. The number of alkyl halides is 3. The van der Waals surface area contributed by atoms with Gasteiger partial charge in [-0.15, -0.1) is 0 Å². The zero-order valence-electron chi connectivity index (χ0n) is 10.8. The van der Waals surface area contributed by atoms with Crippen molar-refractivity contribution in [3.05, 3.63) is 70.8 Å². The van der Waals surface area contributed by atoms with E-state index in [1.165, 1.54) is 18.2 Å². The molecule has 1 nitrogen and oxygen atoms in total. The number of hydrogen-bond acceptors (Lipinski definition) is 1. The summed E-state index contributed by atoms with van der Waals surface area (Å²) in [5.74, 6) is -1.38. The standard InChI is InChI=1S/C15H12F5N/c16-13-5-11(6-14(17)7-13)9-21-8-10-2-1-3-12(4-10)15(18,19)20/h1-7,21H,8-9H2. The third-order valence-electron chi connectivity index (χ3n) is 2.83. The first-order valence-electron chi connectivity index (χ1n) is 6.16. The number of nitrogens with one attached hydrogen (secondary N) is 1. The van der Waals surface area contributed by atoms with Crippen LogP contribution in [0.2, 0.25) is 0 Å². The molecule has 0 spiro atoms. The lowest BCUT2D eigenvalue weighted by Crippen LogP contribution is -2.14. The Labute approximate surface area is 118 Å². The molecule has 0 bridgehead atoms. The van der Waals surface area contributed by atoms with Gasteiger partial charge in [0.25, 0.3) is 0 Å². The Morgan fingerprint density at radius 1 is 0.810 bits per heavy atom. The summed E-state index contributed by atoms with van der Waals surface area (Å²) in [6.45, 7) is 0.326. The van der Waals surface area contributed by atoms with Crippen LogP contribution in [0.25, 0.3) is 0 Å². The average Bonchev–Trinajstić information content (AvgIpc) is 2.37. The number of rotatable bonds is 4. The SMILES string of the molecule is Fc1cc(F)cc(CNCc2cccc(C(F)(F)F)c2)c1. The molecule has 2 rings (SSSR count). The van der Waals surface area contributed by atoms with Gasteiger partial charge in [0, 0.05) is 19.2 Å². The van der Waals surface area contributed by atoms with E-state index in [1.54, 1.807) is 6.07 Å². The van der Waals surface area contributed by atoms with Crippen LogP contribution >= 0.6 is 0 Å². The molecule has 0 aliphatic carbocycles. The van der Waals surface area contributed by atoms with Crippen LogP contribution in [-0.4, -0.2) is 0 Å². The lowest BCUT2D eigenvalue weighted by atomic mass is 10.1. The number of benzene rings is 2. The molecule has 0 aliphatic heterocycles. The predicted octanol–water partition coefficient (Wildman–Crippen LogP) is 4.27. The van der Waals surface area contributed by atoms with E-state index in [2.05, 4.69) is 5.32 Å². The molecule has 2 aromatic rings. The van der Waals surface area contributed by atoms with Crippen LogP contribution in [0.3, 0.4) is 0 Å². The van der Waals surface area contributed by atoms with Crippen molar-refractivity contribution in [1.29, 1.82) is 0 Å². The van der Waals surface area contributed by atoms with Crippen molar-refractivity contribution in [3.63, 3.8) is 0 Å². The van der Waals surface area contributed by atoms with Gasteiger partial charge in [-0.05, 0) is 29.3 Å². The molecule has 0 radical (unpaired) electrons. The summed E-state index contributed by atoms with van der Waals surface area (Å²) in [5, 5.41) is 2.85. The molecule has 0 unspecified atom stereocenters. The zero-order valence-corrected chi connectivity index (χ0v) is 10.8. The van der Waals surface area contributed by atoms with Gasteiger partial charge in [0.2, 0.25) is 0 Å². The second kappa shape index (κ2) is 6.22. The topological polar surface area (TPSA) is 12.0 Å². The molecule has 21 heavy (non-hydrogen) atoms. The second-order valence-electron chi connectivity index (χ2n) is 4.58. The molecule has 112 valence electrons. The van der Waals surface area contributed by atoms with E-state index in [-0.39, 0.29) is 13.1 Å². The van der Waals surface area contributed by atoms with Crippen molar-refractivity contribution in [2.75, 3.05) is 0 Å². The highest BCUT2D eigenvalue weighted by Gasteiger charge is 2.30. The third-order valence-corrected chi connectivity index (χ3v) is 2.83. The Kier molecular flexibility index (Phi) is 4.57. The van der Waals surface area contributed by atoms with Crippen LogP contribution < -0.4 is 5.32 Å². The fourth-order valence-corrected chi connectivity index (χ4v) is 1.92. The minimum atomic E-state index is -4.39. The van der Waals surface area contributed by atoms with E-state index in [0.29, 0.717) is 11.1 Å². The molecular weight excluding hydrogens is 289 g/mol. The van der Waals surface area contributed by atoms with Crippen LogP contribution in [0.4, 0.5) is 22.0 Å². The molecule has 0 heterocycles. The Morgan fingerprint density at radius 2 is 1.43 bits per heavy atom. The highest BCUT2D eigenvalue weighted by Crippen LogP contribution is 2.29. The van der Waals surface area contributed by atoms with Gasteiger partial charge in [-0.3, -0.25) is 0 Å². The quantitative estimate of drug-likeness (QED) is 0.831. The maximum absolute atomic E-state index is 13.0. The minimum absolute atomic E-state index is 0.158. The lowest BCUT2D eigenvalue weighted by molar-refractivity contribution is -0.137. The van der Waals surface area contributed by atoms with Crippen LogP contribution in [0.1, 0.15) is 16.7 Å². The van der Waals surface area contributed by atoms with Gasteiger partial charge in [0.05, 0.1) is 5.56 Å². The van der Waals surface area contributed by atoms with Crippen molar-refractivity contribution >= 4 is 0 Å². The first-order valence-corrected chi connectivity index (χ1v) is 6.16. The maximum Gasteiger partial charge on any atom is 0.416 e. The molecule has 2 aromatic carbocycles. The maximum atomic E-state index is 13.0. The minimum Gasteiger partial charge on any atom is -0.309 e. The smallest absolute Gasteiger partial charge is 0.309 e. The summed E-state index contributed by atoms with van der Waals surface area (Å²) in [5.41, 5.74) is 0.111. The largest absolute Gasteiger partial charge is 0.416 e. The van der Waals surface area contributed by atoms with Crippen LogP contribution in [0, 0.1) is 11.6 Å². The molecule has 0 fully saturated rings. The third kappa shape index (κ3) is 4.53. The van der Waals surface area contributed by atoms with Crippen molar-refractivity contribution in [1.82, 2.24) is 5.32 Å². The van der Waals surface area contributed by atoms with E-state index in [9.17, 15) is 22.0 Å². The molecule has 6 heteroatoms. The molecule has 0 atom stereocenters. The Bertz CT molecular complexity index is 601. The molecule has 0 aliphatic rings. The van der Waals surface area contributed by atoms with Gasteiger partial charge in [-0.2, -0.15) is 13.2 Å². The summed E-state index contributed by atoms with van der Waals surface area (Å²) in [6.07, 6.45) is -4.39. The predicted molar refractivity (Wildman–Crippen MR) is 68.3 cm³/mol. The highest BCUT2D eigenvalue weighted by molar-refractivity contribution is 5.25. The van der Waals surface area contributed by atoms with Crippen LogP contribution in [0.15, 0.2) is 42.5 Å². The van der Waals surface area contributed by atoms with Gasteiger partial charge in [0.15, 0.2) is 0 Å². The van der Waals surface area contributed by atoms with Crippen LogP contribution in [0.5, 0.6) is 0 Å². The zero-order chi connectivity index (χ0) is 15.5. The molecule has 0 saturated carbocycles. The van der Waals surface area contributed by atoms with Crippen molar-refractivity contribution in [3.8, 4) is 0 Å². The molecule has 0 saturated heterocycles. The average molecular weight is 301 g/mol. The Hall–Kier alpha value is -1.95. The van der Waals surface area contributed by atoms with Gasteiger partial charge in [-0.25, -0.2) is 8.78 Å². The van der Waals surface area contributed by atoms with E-state index in [4.69, 9.17) is 0 Å². The first-order chi connectivity index (χ1) is 9.84. The summed E-state index contributed by atoms with van der Waals surface area (Å²) < 4.78 is 63.6. The van der Waals surface area contributed by atoms with Gasteiger partial charge in [-0.1, -0.05) is 18.2 Å². The monoisotopic (exact) mass is 301 g/mol. The van der Waals surface area contributed by atoms with Crippen molar-refractivity contribution < 1.29 is 22.0 Å². The first kappa shape index (κ1) is 15.4. The summed E-state index contributed by atoms with van der Waals surface area (Å²) in [6, 6.07) is 8.00. The fraction of sp³-hybridized carbons (Fsp3) is 0.200. The van der Waals surface area contributed by atoms with Crippen molar-refractivity contribution in [2.45, 2.75) is 19.3 Å². The van der Waals surface area contributed by atoms with Gasteiger partial charge < -0.3 is 5.32 Å². The molecule has 0 amide bonds. The van der Waals surface area contributed by atoms with Crippen molar-refractivity contribution in [2.24, 2.45) is 0 Å². The normalized spacial score (nSPS) is 11.7. The summed E-state index contributed by atoms with van der Waals surface area (Å²) >= 11 is 0. The van der Waals surface area contributed by atoms with E-state index in [1.807, 2.05) is 0 Å². The lowest BCUT2D eigenvalue weighted by Gasteiger charge is -2.10. The molecular formula is C15H12F5N. The molecule has 1 N–H and O–H groups in total. The van der Waals surface area contributed by atoms with E-state index < -0.39 is 23.4 Å². The van der Waals surface area contributed by atoms with Crippen LogP contribution in [-0.2, 0) is 19.3 Å². The van der Waals surface area contributed by atoms with Gasteiger partial charge in [0.1, 0.15) is 11.6 Å². The number of hydrogen-bond donors (Lipinski definition) is 1. The number of halogens is 5. The van der Waals surface area contributed by atoms with Gasteiger partial charge >= 0.3 is 6.18 Å². The summed E-state index contributed by atoms with van der Waals surface area (Å²) in [7, 11) is 0. The Balaban J connectivity index is 1.97. The fourth-order valence-electron chi connectivity index (χ4n) is 1.92. The van der Waals surface area contributed by atoms with E-state index >= 15 is 0 Å². The summed E-state index contributed by atoms with van der Waals surface area (Å²) in [4.78, 5) is 0. The highest BCUT2D eigenvalue weighted by atomic mass is 19.4. The van der Waals surface area contributed by atoms with E-state index in [0.717, 1.165) is 18.2 Å². The molecule has 0 aromatic heterocycles. The Morgan fingerprint density at radius 3 is 2.05 bits per heavy atom.